The molecular weight excluding hydrogens is 327 g/mol. The molecule has 1 N–H and O–H groups in total. The first-order valence-electron chi connectivity index (χ1n) is 7.20. The minimum atomic E-state index is -0.313. The molecule has 0 saturated carbocycles. The average Bonchev–Trinajstić information content (AvgIpc) is 2.93. The first-order valence-corrected chi connectivity index (χ1v) is 8.02. The number of H-pyrrole nitrogens is 1. The highest BCUT2D eigenvalue weighted by Crippen LogP contribution is 2.35. The molecule has 118 valence electrons. The predicted octanol–water partition coefficient (Wildman–Crippen LogP) is 3.56. The number of fused-ring (bicyclic) bond motifs is 1. The van der Waals surface area contributed by atoms with Crippen molar-refractivity contribution in [2.75, 3.05) is 0 Å². The standard InChI is InChI=1S/C17H11FN4OS/c1-9-12(10-3-5-11(18)6-4-10)13-16(23)21-15(22-17(13)24-9)14-19-7-2-8-20-14/h2-8H,1H3,(H,21,22,23). The number of hydrogen-bond donors (Lipinski definition) is 1. The van der Waals surface area contributed by atoms with E-state index in [2.05, 4.69) is 19.9 Å². The van der Waals surface area contributed by atoms with Crippen molar-refractivity contribution in [1.82, 2.24) is 19.9 Å². The highest BCUT2D eigenvalue weighted by Gasteiger charge is 2.17. The highest BCUT2D eigenvalue weighted by atomic mass is 32.1. The summed E-state index contributed by atoms with van der Waals surface area (Å²) in [5.41, 5.74) is 1.31. The van der Waals surface area contributed by atoms with Crippen LogP contribution < -0.4 is 5.56 Å². The van der Waals surface area contributed by atoms with Crippen LogP contribution in [-0.2, 0) is 0 Å². The van der Waals surface area contributed by atoms with Crippen LogP contribution >= 0.6 is 11.3 Å². The number of aromatic amines is 1. The molecule has 0 aliphatic heterocycles. The normalized spacial score (nSPS) is 11.1. The molecule has 0 fully saturated rings. The Kier molecular flexibility index (Phi) is 3.42. The molecule has 0 aliphatic rings. The minimum Gasteiger partial charge on any atom is -0.303 e. The van der Waals surface area contributed by atoms with Gasteiger partial charge in [-0.2, -0.15) is 0 Å². The summed E-state index contributed by atoms with van der Waals surface area (Å²) in [6, 6.07) is 7.79. The van der Waals surface area contributed by atoms with Crippen LogP contribution in [0.1, 0.15) is 4.88 Å². The van der Waals surface area contributed by atoms with Gasteiger partial charge < -0.3 is 4.98 Å². The van der Waals surface area contributed by atoms with Crippen molar-refractivity contribution in [3.05, 3.63) is 63.8 Å². The van der Waals surface area contributed by atoms with E-state index in [1.54, 1.807) is 30.6 Å². The Morgan fingerprint density at radius 2 is 1.83 bits per heavy atom. The monoisotopic (exact) mass is 338 g/mol. The molecule has 1 aromatic carbocycles. The third-order valence-corrected chi connectivity index (χ3v) is 4.65. The molecular formula is C17H11FN4OS. The molecule has 0 spiro atoms. The van der Waals surface area contributed by atoms with Gasteiger partial charge in [-0.3, -0.25) is 4.79 Å². The van der Waals surface area contributed by atoms with Crippen molar-refractivity contribution in [3.63, 3.8) is 0 Å². The molecule has 0 atom stereocenters. The topological polar surface area (TPSA) is 71.5 Å². The van der Waals surface area contributed by atoms with Gasteiger partial charge >= 0.3 is 0 Å². The molecule has 4 aromatic rings. The lowest BCUT2D eigenvalue weighted by Crippen LogP contribution is -2.10. The van der Waals surface area contributed by atoms with E-state index >= 15 is 0 Å². The number of nitrogens with zero attached hydrogens (tertiary/aromatic N) is 3. The maximum absolute atomic E-state index is 13.2. The summed E-state index contributed by atoms with van der Waals surface area (Å²) in [4.78, 5) is 29.6. The number of aryl methyl sites for hydroxylation is 1. The molecule has 5 nitrogen and oxygen atoms in total. The highest BCUT2D eigenvalue weighted by molar-refractivity contribution is 7.19. The van der Waals surface area contributed by atoms with E-state index in [1.165, 1.54) is 23.5 Å². The second-order valence-corrected chi connectivity index (χ2v) is 6.41. The summed E-state index contributed by atoms with van der Waals surface area (Å²) in [7, 11) is 0. The van der Waals surface area contributed by atoms with Crippen molar-refractivity contribution in [2.24, 2.45) is 0 Å². The summed E-state index contributed by atoms with van der Waals surface area (Å²) in [6.07, 6.45) is 3.19. The molecule has 3 heterocycles. The number of rotatable bonds is 2. The van der Waals surface area contributed by atoms with Crippen molar-refractivity contribution < 1.29 is 4.39 Å². The Bertz CT molecular complexity index is 1090. The molecule has 0 aliphatic carbocycles. The van der Waals surface area contributed by atoms with E-state index in [4.69, 9.17) is 0 Å². The molecule has 0 amide bonds. The fraction of sp³-hybridized carbons (Fsp3) is 0.0588. The van der Waals surface area contributed by atoms with Crippen LogP contribution in [0.2, 0.25) is 0 Å². The van der Waals surface area contributed by atoms with Gasteiger partial charge in [0, 0.05) is 22.8 Å². The largest absolute Gasteiger partial charge is 0.303 e. The average molecular weight is 338 g/mol. The van der Waals surface area contributed by atoms with Crippen LogP contribution in [0.3, 0.4) is 0 Å². The molecule has 3 aromatic heterocycles. The van der Waals surface area contributed by atoms with Crippen LogP contribution in [-0.4, -0.2) is 19.9 Å². The van der Waals surface area contributed by atoms with E-state index in [0.717, 1.165) is 16.0 Å². The Balaban J connectivity index is 1.97. The van der Waals surface area contributed by atoms with Crippen LogP contribution in [0.4, 0.5) is 4.39 Å². The summed E-state index contributed by atoms with van der Waals surface area (Å²) >= 11 is 1.42. The molecule has 0 unspecified atom stereocenters. The molecule has 24 heavy (non-hydrogen) atoms. The fourth-order valence-electron chi connectivity index (χ4n) is 2.61. The van der Waals surface area contributed by atoms with Gasteiger partial charge in [-0.15, -0.1) is 11.3 Å². The van der Waals surface area contributed by atoms with Crippen LogP contribution in [0, 0.1) is 12.7 Å². The van der Waals surface area contributed by atoms with Crippen molar-refractivity contribution in [1.29, 1.82) is 0 Å². The van der Waals surface area contributed by atoms with Crippen molar-refractivity contribution >= 4 is 21.6 Å². The van der Waals surface area contributed by atoms with E-state index in [-0.39, 0.29) is 11.4 Å². The molecule has 4 rings (SSSR count). The van der Waals surface area contributed by atoms with Crippen molar-refractivity contribution in [3.8, 4) is 22.8 Å². The molecule has 0 saturated heterocycles. The zero-order valence-corrected chi connectivity index (χ0v) is 13.4. The van der Waals surface area contributed by atoms with Gasteiger partial charge in [0.2, 0.25) is 0 Å². The van der Waals surface area contributed by atoms with Gasteiger partial charge in [0.15, 0.2) is 11.6 Å². The van der Waals surface area contributed by atoms with Crippen LogP contribution in [0.5, 0.6) is 0 Å². The molecule has 7 heteroatoms. The Labute approximate surface area is 139 Å². The summed E-state index contributed by atoms with van der Waals surface area (Å²) in [5, 5.41) is 0.504. The first kappa shape index (κ1) is 14.6. The lowest BCUT2D eigenvalue weighted by Gasteiger charge is -2.02. The first-order chi connectivity index (χ1) is 11.6. The summed E-state index contributed by atoms with van der Waals surface area (Å²) in [6.45, 7) is 1.92. The second kappa shape index (κ2) is 5.61. The number of halogens is 1. The lowest BCUT2D eigenvalue weighted by atomic mass is 10.0. The zero-order valence-electron chi connectivity index (χ0n) is 12.6. The van der Waals surface area contributed by atoms with Crippen LogP contribution in [0.15, 0.2) is 47.5 Å². The van der Waals surface area contributed by atoms with Gasteiger partial charge in [0.1, 0.15) is 10.6 Å². The predicted molar refractivity (Wildman–Crippen MR) is 91.4 cm³/mol. The lowest BCUT2D eigenvalue weighted by molar-refractivity contribution is 0.628. The number of thiophene rings is 1. The number of aromatic nitrogens is 4. The third-order valence-electron chi connectivity index (χ3n) is 3.65. The van der Waals surface area contributed by atoms with E-state index in [9.17, 15) is 9.18 Å². The molecule has 0 radical (unpaired) electrons. The van der Waals surface area contributed by atoms with Crippen molar-refractivity contribution in [2.45, 2.75) is 6.92 Å². The maximum Gasteiger partial charge on any atom is 0.260 e. The summed E-state index contributed by atoms with van der Waals surface area (Å²) < 4.78 is 13.2. The van der Waals surface area contributed by atoms with Crippen LogP contribution in [0.25, 0.3) is 33.0 Å². The van der Waals surface area contributed by atoms with Gasteiger partial charge in [-0.25, -0.2) is 19.3 Å². The summed E-state index contributed by atoms with van der Waals surface area (Å²) in [5.74, 6) is 0.386. The number of nitrogens with one attached hydrogen (secondary N) is 1. The van der Waals surface area contributed by atoms with E-state index in [1.807, 2.05) is 6.92 Å². The molecule has 0 bridgehead atoms. The third kappa shape index (κ3) is 2.39. The van der Waals surface area contributed by atoms with Gasteiger partial charge in [0.25, 0.3) is 5.56 Å². The van der Waals surface area contributed by atoms with Gasteiger partial charge in [-0.05, 0) is 30.7 Å². The van der Waals surface area contributed by atoms with E-state index < -0.39 is 0 Å². The maximum atomic E-state index is 13.2. The van der Waals surface area contributed by atoms with E-state index in [0.29, 0.717) is 21.9 Å². The van der Waals surface area contributed by atoms with Gasteiger partial charge in [-0.1, -0.05) is 12.1 Å². The Morgan fingerprint density at radius 3 is 2.54 bits per heavy atom. The Morgan fingerprint density at radius 1 is 1.12 bits per heavy atom. The Hall–Kier alpha value is -2.93. The SMILES string of the molecule is Cc1sc2nc(-c3ncccn3)[nH]c(=O)c2c1-c1ccc(F)cc1. The smallest absolute Gasteiger partial charge is 0.260 e. The fourth-order valence-corrected chi connectivity index (χ4v) is 3.66. The van der Waals surface area contributed by atoms with Gasteiger partial charge in [0.05, 0.1) is 5.39 Å². The second-order valence-electron chi connectivity index (χ2n) is 5.21. The quantitative estimate of drug-likeness (QED) is 0.607. The number of hydrogen-bond acceptors (Lipinski definition) is 5. The zero-order chi connectivity index (χ0) is 16.7. The minimum absolute atomic E-state index is 0.258. The number of benzene rings is 1.